The maximum Gasteiger partial charge on any atom is 0.108 e. The van der Waals surface area contributed by atoms with E-state index in [4.69, 9.17) is 0 Å². The molecule has 1 heteroatoms. The van der Waals surface area contributed by atoms with Crippen molar-refractivity contribution in [3.8, 4) is 0 Å². The molecule has 1 aliphatic rings. The van der Waals surface area contributed by atoms with E-state index in [1.165, 1.54) is 35.4 Å². The zero-order valence-corrected chi connectivity index (χ0v) is 23.3. The van der Waals surface area contributed by atoms with E-state index in [2.05, 4.69) is 150 Å². The van der Waals surface area contributed by atoms with Crippen LogP contribution in [-0.4, -0.2) is 6.16 Å². The van der Waals surface area contributed by atoms with E-state index in [9.17, 15) is 0 Å². The van der Waals surface area contributed by atoms with Crippen molar-refractivity contribution in [2.45, 2.75) is 53.9 Å². The van der Waals surface area contributed by atoms with Crippen molar-refractivity contribution in [2.24, 2.45) is 17.3 Å². The van der Waals surface area contributed by atoms with E-state index in [1.807, 2.05) is 0 Å². The Morgan fingerprint density at radius 1 is 0.914 bits per heavy atom. The molecule has 0 saturated heterocycles. The Labute approximate surface area is 215 Å². The predicted molar refractivity (Wildman–Crippen MR) is 160 cm³/mol. The van der Waals surface area contributed by atoms with E-state index in [-0.39, 0.29) is 0 Å². The van der Waals surface area contributed by atoms with Crippen LogP contribution < -0.4 is 10.6 Å². The van der Waals surface area contributed by atoms with Gasteiger partial charge in [0.15, 0.2) is 0 Å². The summed E-state index contributed by atoms with van der Waals surface area (Å²) in [6, 6.07) is 22.2. The van der Waals surface area contributed by atoms with Crippen LogP contribution in [0.25, 0.3) is 0 Å². The van der Waals surface area contributed by atoms with Crippen LogP contribution >= 0.6 is 7.26 Å². The molecule has 2 atom stereocenters. The van der Waals surface area contributed by atoms with E-state index in [0.717, 1.165) is 12.1 Å². The molecular formula is C34H44P+. The third kappa shape index (κ3) is 7.28. The summed E-state index contributed by atoms with van der Waals surface area (Å²) in [5.41, 5.74) is 1.76. The van der Waals surface area contributed by atoms with Crippen LogP contribution in [0, 0.1) is 17.3 Å². The molecule has 0 N–H and O–H groups in total. The van der Waals surface area contributed by atoms with Gasteiger partial charge >= 0.3 is 0 Å². The van der Waals surface area contributed by atoms with Gasteiger partial charge in [0.1, 0.15) is 17.9 Å². The molecule has 1 fully saturated rings. The second kappa shape index (κ2) is 13.0. The lowest BCUT2D eigenvalue weighted by atomic mass is 9.64. The van der Waals surface area contributed by atoms with Gasteiger partial charge in [-0.05, 0) is 73.9 Å². The fourth-order valence-electron chi connectivity index (χ4n) is 5.47. The van der Waals surface area contributed by atoms with E-state index in [1.54, 1.807) is 0 Å². The molecule has 3 rings (SSSR count). The summed E-state index contributed by atoms with van der Waals surface area (Å²) in [5.74, 6) is 3.89. The number of hydrogen-bond acceptors (Lipinski definition) is 0. The quantitative estimate of drug-likeness (QED) is 0.246. The fraction of sp³-hybridized carbons (Fsp3) is 0.353. The SMILES string of the molecule is C\C=C/C=C\C=C\[P+](C/C=C(C)\C=C\C1C(C)CCCC1(C)C)(c1ccccc1)c1ccccc1. The lowest BCUT2D eigenvalue weighted by molar-refractivity contribution is 0.123. The second-order valence-corrected chi connectivity index (χ2v) is 14.1. The summed E-state index contributed by atoms with van der Waals surface area (Å²) < 4.78 is 0. The molecule has 0 radical (unpaired) electrons. The third-order valence-electron chi connectivity index (χ3n) is 7.56. The predicted octanol–water partition coefficient (Wildman–Crippen LogP) is 9.27. The van der Waals surface area contributed by atoms with Crippen LogP contribution in [0.2, 0.25) is 0 Å². The normalized spacial score (nSPS) is 21.6. The molecule has 0 nitrogen and oxygen atoms in total. The minimum atomic E-state index is -1.76. The van der Waals surface area contributed by atoms with Crippen LogP contribution in [-0.2, 0) is 0 Å². The van der Waals surface area contributed by atoms with E-state index < -0.39 is 7.26 Å². The third-order valence-corrected chi connectivity index (χ3v) is 11.4. The van der Waals surface area contributed by atoms with Crippen molar-refractivity contribution in [3.05, 3.63) is 121 Å². The van der Waals surface area contributed by atoms with E-state index >= 15 is 0 Å². The molecule has 2 aromatic carbocycles. The molecule has 0 aromatic heterocycles. The van der Waals surface area contributed by atoms with Crippen molar-refractivity contribution in [2.75, 3.05) is 6.16 Å². The first-order valence-corrected chi connectivity index (χ1v) is 15.2. The smallest absolute Gasteiger partial charge is 0.0877 e. The molecular weight excluding hydrogens is 439 g/mol. The van der Waals surface area contributed by atoms with Gasteiger partial charge in [-0.25, -0.2) is 0 Å². The van der Waals surface area contributed by atoms with Crippen molar-refractivity contribution in [3.63, 3.8) is 0 Å². The topological polar surface area (TPSA) is 0 Å². The first kappa shape index (κ1) is 27.2. The summed E-state index contributed by atoms with van der Waals surface area (Å²) in [5, 5.41) is 2.86. The number of rotatable bonds is 9. The van der Waals surface area contributed by atoms with Gasteiger partial charge in [0.05, 0.1) is 12.0 Å². The molecule has 1 aliphatic carbocycles. The highest BCUT2D eigenvalue weighted by Crippen LogP contribution is 2.58. The molecule has 35 heavy (non-hydrogen) atoms. The molecule has 0 spiro atoms. The first-order valence-electron chi connectivity index (χ1n) is 13.2. The van der Waals surface area contributed by atoms with Crippen LogP contribution in [0.4, 0.5) is 0 Å². The van der Waals surface area contributed by atoms with Gasteiger partial charge in [-0.3, -0.25) is 0 Å². The van der Waals surface area contributed by atoms with Crippen molar-refractivity contribution in [1.82, 2.24) is 0 Å². The van der Waals surface area contributed by atoms with Gasteiger partial charge in [-0.15, -0.1) is 0 Å². The molecule has 0 heterocycles. The minimum Gasteiger partial charge on any atom is -0.0877 e. The van der Waals surface area contributed by atoms with Crippen molar-refractivity contribution in [1.29, 1.82) is 0 Å². The standard InChI is InChI=1S/C34H44P/c1-6-7-8-9-16-27-35(31-19-12-10-13-20-31,32-21-14-11-15-22-32)28-25-29(2)23-24-33-30(3)18-17-26-34(33,4)5/h6-16,19-25,27,30,33H,17-18,26,28H2,1-5H3/q+1/b7-6-,9-8-,24-23+,27-16+,29-25-. The van der Waals surface area contributed by atoms with Gasteiger partial charge in [0.25, 0.3) is 0 Å². The van der Waals surface area contributed by atoms with E-state index in [0.29, 0.717) is 11.3 Å². The number of benzene rings is 2. The molecule has 2 aromatic rings. The Morgan fingerprint density at radius 2 is 1.51 bits per heavy atom. The van der Waals surface area contributed by atoms with Gasteiger partial charge in [-0.2, -0.15) is 0 Å². The molecule has 184 valence electrons. The maximum atomic E-state index is 2.51. The van der Waals surface area contributed by atoms with Gasteiger partial charge in [0, 0.05) is 0 Å². The Hall–Kier alpha value is -2.43. The lowest BCUT2D eigenvalue weighted by Crippen LogP contribution is -2.32. The highest BCUT2D eigenvalue weighted by atomic mass is 31.2. The van der Waals surface area contributed by atoms with Gasteiger partial charge in [-0.1, -0.05) is 112 Å². The molecule has 0 aliphatic heterocycles. The zero-order valence-electron chi connectivity index (χ0n) is 22.4. The summed E-state index contributed by atoms with van der Waals surface area (Å²) >= 11 is 0. The Bertz CT molecular complexity index is 1010. The Morgan fingerprint density at radius 3 is 2.09 bits per heavy atom. The fourth-order valence-corrected chi connectivity index (χ4v) is 9.04. The summed E-state index contributed by atoms with van der Waals surface area (Å²) in [7, 11) is -1.76. The largest absolute Gasteiger partial charge is 0.108 e. The zero-order chi connectivity index (χ0) is 25.2. The Balaban J connectivity index is 1.98. The second-order valence-electron chi connectivity index (χ2n) is 10.7. The average Bonchev–Trinajstić information content (AvgIpc) is 2.86. The van der Waals surface area contributed by atoms with Crippen LogP contribution in [0.5, 0.6) is 0 Å². The highest BCUT2D eigenvalue weighted by molar-refractivity contribution is 7.92. The van der Waals surface area contributed by atoms with Gasteiger partial charge < -0.3 is 0 Å². The van der Waals surface area contributed by atoms with Gasteiger partial charge in [0.2, 0.25) is 0 Å². The lowest BCUT2D eigenvalue weighted by Gasteiger charge is -2.41. The van der Waals surface area contributed by atoms with Crippen LogP contribution in [0.15, 0.2) is 121 Å². The average molecular weight is 484 g/mol. The Kier molecular flexibility index (Phi) is 10.1. The molecule has 1 saturated carbocycles. The van der Waals surface area contributed by atoms with Crippen LogP contribution in [0.1, 0.15) is 53.9 Å². The summed E-state index contributed by atoms with van der Waals surface area (Å²) in [6.07, 6.45) is 23.1. The summed E-state index contributed by atoms with van der Waals surface area (Å²) in [4.78, 5) is 0. The monoisotopic (exact) mass is 483 g/mol. The molecule has 2 unspecified atom stereocenters. The summed E-state index contributed by atoms with van der Waals surface area (Å²) in [6.45, 7) is 11.7. The highest BCUT2D eigenvalue weighted by Gasteiger charge is 2.39. The van der Waals surface area contributed by atoms with Crippen molar-refractivity contribution < 1.29 is 0 Å². The van der Waals surface area contributed by atoms with Crippen LogP contribution in [0.3, 0.4) is 0 Å². The number of allylic oxidation sites excluding steroid dienone is 9. The van der Waals surface area contributed by atoms with Crippen molar-refractivity contribution >= 4 is 17.9 Å². The molecule has 0 amide bonds. The minimum absolute atomic E-state index is 0.390. The first-order chi connectivity index (χ1) is 16.9. The molecule has 0 bridgehead atoms. The number of hydrogen-bond donors (Lipinski definition) is 0. The maximum absolute atomic E-state index is 2.51.